The van der Waals surface area contributed by atoms with Crippen LogP contribution in [0.1, 0.15) is 49.3 Å². The summed E-state index contributed by atoms with van der Waals surface area (Å²) in [6, 6.07) is 13.2. The molecule has 2 amide bonds. The van der Waals surface area contributed by atoms with Gasteiger partial charge in [0, 0.05) is 32.2 Å². The minimum Gasteiger partial charge on any atom is -0.335 e. The van der Waals surface area contributed by atoms with Crippen LogP contribution in [0.25, 0.3) is 0 Å². The minimum absolute atomic E-state index is 0.0293. The van der Waals surface area contributed by atoms with Gasteiger partial charge >= 0.3 is 6.03 Å². The molecule has 4 rings (SSSR count). The third-order valence-corrected chi connectivity index (χ3v) is 6.27. The number of benzene rings is 2. The van der Waals surface area contributed by atoms with Crippen LogP contribution in [0.3, 0.4) is 0 Å². The quantitative estimate of drug-likeness (QED) is 0.788. The first-order chi connectivity index (χ1) is 14.6. The molecule has 1 heterocycles. The maximum absolute atomic E-state index is 13.5. The van der Waals surface area contributed by atoms with Gasteiger partial charge in [-0.05, 0) is 48.2 Å². The highest BCUT2D eigenvalue weighted by atomic mass is 19.1. The van der Waals surface area contributed by atoms with Gasteiger partial charge in [-0.1, -0.05) is 43.5 Å². The fourth-order valence-electron chi connectivity index (χ4n) is 4.60. The molecule has 1 aliphatic carbocycles. The molecule has 0 aromatic heterocycles. The number of urea groups is 1. The van der Waals surface area contributed by atoms with Gasteiger partial charge in [0.15, 0.2) is 0 Å². The number of nitrogens with zero attached hydrogens (tertiary/aromatic N) is 2. The molecule has 2 aromatic carbocycles. The van der Waals surface area contributed by atoms with Gasteiger partial charge in [-0.2, -0.15) is 0 Å². The van der Waals surface area contributed by atoms with Crippen molar-refractivity contribution in [3.05, 3.63) is 71.3 Å². The summed E-state index contributed by atoms with van der Waals surface area (Å²) < 4.78 is 26.9. The van der Waals surface area contributed by atoms with Crippen LogP contribution in [-0.2, 0) is 0 Å². The van der Waals surface area contributed by atoms with Crippen molar-refractivity contribution >= 4 is 6.03 Å². The average Bonchev–Trinajstić information content (AvgIpc) is 2.78. The van der Waals surface area contributed by atoms with Crippen LogP contribution in [0.4, 0.5) is 13.6 Å². The zero-order chi connectivity index (χ0) is 20.9. The number of rotatable bonds is 4. The number of hydrogen-bond acceptors (Lipinski definition) is 2. The van der Waals surface area contributed by atoms with E-state index in [2.05, 4.69) is 10.2 Å². The van der Waals surface area contributed by atoms with Gasteiger partial charge in [-0.15, -0.1) is 0 Å². The van der Waals surface area contributed by atoms with E-state index < -0.39 is 0 Å². The highest BCUT2D eigenvalue weighted by Crippen LogP contribution is 2.30. The van der Waals surface area contributed by atoms with E-state index >= 15 is 0 Å². The molecule has 0 radical (unpaired) electrons. The Morgan fingerprint density at radius 1 is 0.800 bits per heavy atom. The molecule has 1 N–H and O–H groups in total. The SMILES string of the molecule is O=C(NC1CCCCC1)N1CCN(C(c2ccc(F)cc2)c2ccc(F)cc2)CC1. The number of carbonyl (C=O) groups is 1. The fraction of sp³-hybridized carbons (Fsp3) is 0.458. The van der Waals surface area contributed by atoms with Crippen LogP contribution in [0, 0.1) is 11.6 Å². The Hall–Kier alpha value is -2.47. The van der Waals surface area contributed by atoms with Crippen molar-refractivity contribution in [2.75, 3.05) is 26.2 Å². The summed E-state index contributed by atoms with van der Waals surface area (Å²) >= 11 is 0. The Balaban J connectivity index is 1.44. The summed E-state index contributed by atoms with van der Waals surface area (Å²) in [5.74, 6) is -0.554. The van der Waals surface area contributed by atoms with Gasteiger partial charge < -0.3 is 10.2 Å². The van der Waals surface area contributed by atoms with Crippen LogP contribution < -0.4 is 5.32 Å². The van der Waals surface area contributed by atoms with E-state index in [1.165, 1.54) is 43.5 Å². The number of piperazine rings is 1. The number of halogens is 2. The molecule has 2 aliphatic rings. The Morgan fingerprint density at radius 3 is 1.80 bits per heavy atom. The smallest absolute Gasteiger partial charge is 0.317 e. The standard InChI is InChI=1S/C24H29F2N3O/c25-20-10-6-18(7-11-20)23(19-8-12-21(26)13-9-19)28-14-16-29(17-15-28)24(30)27-22-4-2-1-3-5-22/h6-13,22-23H,1-5,14-17H2,(H,27,30). The van der Waals surface area contributed by atoms with E-state index in [0.29, 0.717) is 32.2 Å². The van der Waals surface area contributed by atoms with Crippen molar-refractivity contribution in [3.63, 3.8) is 0 Å². The number of carbonyl (C=O) groups excluding carboxylic acids is 1. The summed E-state index contributed by atoms with van der Waals surface area (Å²) in [5, 5.41) is 3.19. The lowest BCUT2D eigenvalue weighted by molar-refractivity contribution is 0.117. The van der Waals surface area contributed by atoms with Gasteiger partial charge in [0.05, 0.1) is 6.04 Å². The number of hydrogen-bond donors (Lipinski definition) is 1. The fourth-order valence-corrected chi connectivity index (χ4v) is 4.60. The van der Waals surface area contributed by atoms with E-state index in [9.17, 15) is 13.6 Å². The molecule has 0 unspecified atom stereocenters. The van der Waals surface area contributed by atoms with E-state index in [1.807, 2.05) is 4.90 Å². The average molecular weight is 414 g/mol. The highest BCUT2D eigenvalue weighted by Gasteiger charge is 2.29. The molecule has 2 aromatic rings. The van der Waals surface area contributed by atoms with Gasteiger partial charge in [-0.3, -0.25) is 4.90 Å². The molecule has 1 aliphatic heterocycles. The minimum atomic E-state index is -0.277. The van der Waals surface area contributed by atoms with E-state index in [4.69, 9.17) is 0 Å². The molecule has 1 saturated carbocycles. The molecular weight excluding hydrogens is 384 g/mol. The van der Waals surface area contributed by atoms with Crippen LogP contribution in [-0.4, -0.2) is 48.1 Å². The normalized spacial score (nSPS) is 18.6. The molecule has 1 saturated heterocycles. The predicted molar refractivity (Wildman–Crippen MR) is 113 cm³/mol. The Morgan fingerprint density at radius 2 is 1.30 bits per heavy atom. The van der Waals surface area contributed by atoms with E-state index in [1.54, 1.807) is 24.3 Å². The van der Waals surface area contributed by atoms with Crippen LogP contribution in [0.15, 0.2) is 48.5 Å². The topological polar surface area (TPSA) is 35.6 Å². The first-order valence-corrected chi connectivity index (χ1v) is 10.9. The monoisotopic (exact) mass is 413 g/mol. The van der Waals surface area contributed by atoms with Crippen LogP contribution >= 0.6 is 0 Å². The molecule has 6 heteroatoms. The molecule has 0 atom stereocenters. The summed E-state index contributed by atoms with van der Waals surface area (Å²) in [6.07, 6.45) is 5.79. The molecule has 30 heavy (non-hydrogen) atoms. The largest absolute Gasteiger partial charge is 0.335 e. The lowest BCUT2D eigenvalue weighted by atomic mass is 9.95. The van der Waals surface area contributed by atoms with Gasteiger partial charge in [-0.25, -0.2) is 13.6 Å². The first kappa shape index (κ1) is 20.8. The second kappa shape index (κ2) is 9.56. The zero-order valence-corrected chi connectivity index (χ0v) is 17.2. The summed E-state index contributed by atoms with van der Waals surface area (Å²) in [7, 11) is 0. The third kappa shape index (κ3) is 4.98. The highest BCUT2D eigenvalue weighted by molar-refractivity contribution is 5.74. The van der Waals surface area contributed by atoms with Gasteiger partial charge in [0.2, 0.25) is 0 Å². The molecule has 0 spiro atoms. The van der Waals surface area contributed by atoms with Crippen molar-refractivity contribution < 1.29 is 13.6 Å². The number of amides is 2. The molecule has 0 bridgehead atoms. The summed E-state index contributed by atoms with van der Waals surface area (Å²) in [5.41, 5.74) is 1.92. The van der Waals surface area contributed by atoms with Crippen molar-refractivity contribution in [2.45, 2.75) is 44.2 Å². The maximum Gasteiger partial charge on any atom is 0.317 e. The third-order valence-electron chi connectivity index (χ3n) is 6.27. The Bertz CT molecular complexity index is 781. The lowest BCUT2D eigenvalue weighted by Crippen LogP contribution is -2.54. The molecule has 2 fully saturated rings. The van der Waals surface area contributed by atoms with Crippen molar-refractivity contribution in [1.82, 2.24) is 15.1 Å². The van der Waals surface area contributed by atoms with E-state index in [-0.39, 0.29) is 23.7 Å². The van der Waals surface area contributed by atoms with Crippen LogP contribution in [0.2, 0.25) is 0 Å². The van der Waals surface area contributed by atoms with Crippen molar-refractivity contribution in [1.29, 1.82) is 0 Å². The van der Waals surface area contributed by atoms with Crippen molar-refractivity contribution in [2.24, 2.45) is 0 Å². The van der Waals surface area contributed by atoms with Crippen molar-refractivity contribution in [3.8, 4) is 0 Å². The Kier molecular flexibility index (Phi) is 6.62. The second-order valence-electron chi connectivity index (χ2n) is 8.31. The van der Waals surface area contributed by atoms with E-state index in [0.717, 1.165) is 24.0 Å². The van der Waals surface area contributed by atoms with Gasteiger partial charge in [0.1, 0.15) is 11.6 Å². The second-order valence-corrected chi connectivity index (χ2v) is 8.31. The first-order valence-electron chi connectivity index (χ1n) is 10.9. The summed E-state index contributed by atoms with van der Waals surface area (Å²) in [4.78, 5) is 16.8. The zero-order valence-electron chi connectivity index (χ0n) is 17.2. The molecular formula is C24H29F2N3O. The predicted octanol–water partition coefficient (Wildman–Crippen LogP) is 4.71. The van der Waals surface area contributed by atoms with Gasteiger partial charge in [0.25, 0.3) is 0 Å². The lowest BCUT2D eigenvalue weighted by Gasteiger charge is -2.40. The maximum atomic E-state index is 13.5. The number of nitrogens with one attached hydrogen (secondary N) is 1. The summed E-state index contributed by atoms with van der Waals surface area (Å²) in [6.45, 7) is 2.68. The molecule has 160 valence electrons. The Labute approximate surface area is 176 Å². The molecule has 4 nitrogen and oxygen atoms in total. The van der Waals surface area contributed by atoms with Crippen LogP contribution in [0.5, 0.6) is 0 Å².